The summed E-state index contributed by atoms with van der Waals surface area (Å²) in [7, 11) is -3.58. The molecule has 0 aliphatic heterocycles. The van der Waals surface area contributed by atoms with Crippen molar-refractivity contribution in [3.63, 3.8) is 0 Å². The van der Waals surface area contributed by atoms with E-state index in [-0.39, 0.29) is 11.4 Å². The van der Waals surface area contributed by atoms with E-state index in [0.29, 0.717) is 18.8 Å². The van der Waals surface area contributed by atoms with Gasteiger partial charge in [0.15, 0.2) is 0 Å². The van der Waals surface area contributed by atoms with Crippen LogP contribution in [0.2, 0.25) is 0 Å². The monoisotopic (exact) mass is 298 g/mol. The molecule has 0 aliphatic carbocycles. The van der Waals surface area contributed by atoms with E-state index in [1.807, 2.05) is 0 Å². The van der Waals surface area contributed by atoms with Crippen molar-refractivity contribution >= 4 is 10.0 Å². The number of sulfonamides is 1. The summed E-state index contributed by atoms with van der Waals surface area (Å²) < 4.78 is 33.5. The van der Waals surface area contributed by atoms with Crippen molar-refractivity contribution in [1.29, 1.82) is 0 Å². The maximum absolute atomic E-state index is 12.1. The molecule has 2 aromatic rings. The molecule has 0 atom stereocenters. The van der Waals surface area contributed by atoms with Crippen LogP contribution in [0.15, 0.2) is 33.8 Å². The maximum Gasteiger partial charge on any atom is 0.244 e. The summed E-state index contributed by atoms with van der Waals surface area (Å²) in [6.07, 6.45) is 3.57. The van der Waals surface area contributed by atoms with Gasteiger partial charge in [-0.2, -0.15) is 5.10 Å². The minimum Gasteiger partial charge on any atom is -0.465 e. The normalized spacial score (nSPS) is 11.9. The van der Waals surface area contributed by atoms with Crippen molar-refractivity contribution in [3.05, 3.63) is 36.0 Å². The fourth-order valence-electron chi connectivity index (χ4n) is 1.69. The molecular formula is C12H18N4O3S. The number of furan rings is 1. The molecule has 8 heteroatoms. The molecule has 0 aliphatic rings. The summed E-state index contributed by atoms with van der Waals surface area (Å²) in [6, 6.07) is 3.52. The van der Waals surface area contributed by atoms with E-state index in [4.69, 9.17) is 10.2 Å². The van der Waals surface area contributed by atoms with Crippen LogP contribution in [0.25, 0.3) is 0 Å². The Morgan fingerprint density at radius 3 is 2.90 bits per heavy atom. The van der Waals surface area contributed by atoms with Crippen LogP contribution in [-0.2, 0) is 23.1 Å². The lowest BCUT2D eigenvalue weighted by Crippen LogP contribution is -2.22. The van der Waals surface area contributed by atoms with Crippen LogP contribution in [0, 0.1) is 6.92 Å². The molecule has 3 N–H and O–H groups in total. The van der Waals surface area contributed by atoms with Crippen molar-refractivity contribution in [2.75, 3.05) is 6.54 Å². The zero-order valence-electron chi connectivity index (χ0n) is 11.2. The molecular weight excluding hydrogens is 280 g/mol. The zero-order valence-corrected chi connectivity index (χ0v) is 12.1. The first-order valence-electron chi connectivity index (χ1n) is 6.29. The largest absolute Gasteiger partial charge is 0.465 e. The molecule has 0 saturated carbocycles. The summed E-state index contributed by atoms with van der Waals surface area (Å²) in [6.45, 7) is 3.06. The van der Waals surface area contributed by atoms with Gasteiger partial charge in [-0.3, -0.25) is 4.68 Å². The lowest BCUT2D eigenvalue weighted by molar-refractivity contribution is 0.475. The lowest BCUT2D eigenvalue weighted by Gasteiger charge is -2.02. The van der Waals surface area contributed by atoms with E-state index < -0.39 is 10.0 Å². The Labute approximate surface area is 117 Å². The topological polar surface area (TPSA) is 103 Å². The average Bonchev–Trinajstić information content (AvgIpc) is 3.03. The van der Waals surface area contributed by atoms with Gasteiger partial charge in [0.25, 0.3) is 0 Å². The van der Waals surface area contributed by atoms with Gasteiger partial charge in [-0.15, -0.1) is 0 Å². The SMILES string of the molecule is Cc1ccc(CNS(=O)(=O)c2cnn(CCCN)c2)o1. The highest BCUT2D eigenvalue weighted by Crippen LogP contribution is 2.10. The average molecular weight is 298 g/mol. The standard InChI is InChI=1S/C12H18N4O3S/c1-10-3-4-11(19-10)7-15-20(17,18)12-8-14-16(9-12)6-2-5-13/h3-4,8-9,15H,2,5-7,13H2,1H3. The second-order valence-electron chi connectivity index (χ2n) is 4.42. The van der Waals surface area contributed by atoms with Gasteiger partial charge >= 0.3 is 0 Å². The van der Waals surface area contributed by atoms with Crippen molar-refractivity contribution in [3.8, 4) is 0 Å². The van der Waals surface area contributed by atoms with Crippen LogP contribution in [0.3, 0.4) is 0 Å². The number of rotatable bonds is 7. The third-order valence-corrected chi connectivity index (χ3v) is 4.10. The number of aromatic nitrogens is 2. The number of nitrogens with one attached hydrogen (secondary N) is 1. The fraction of sp³-hybridized carbons (Fsp3) is 0.417. The first-order valence-corrected chi connectivity index (χ1v) is 7.77. The molecule has 2 rings (SSSR count). The minimum absolute atomic E-state index is 0.115. The quantitative estimate of drug-likeness (QED) is 0.779. The van der Waals surface area contributed by atoms with Gasteiger partial charge in [-0.25, -0.2) is 13.1 Å². The van der Waals surface area contributed by atoms with Crippen molar-refractivity contribution in [2.24, 2.45) is 5.73 Å². The molecule has 110 valence electrons. The highest BCUT2D eigenvalue weighted by Gasteiger charge is 2.16. The maximum atomic E-state index is 12.1. The van der Waals surface area contributed by atoms with Gasteiger partial charge < -0.3 is 10.2 Å². The van der Waals surface area contributed by atoms with Gasteiger partial charge in [-0.05, 0) is 32.0 Å². The Balaban J connectivity index is 2.00. The van der Waals surface area contributed by atoms with E-state index in [1.165, 1.54) is 12.4 Å². The summed E-state index contributed by atoms with van der Waals surface area (Å²) in [5.74, 6) is 1.32. The molecule has 0 saturated heterocycles. The second kappa shape index (κ2) is 6.21. The highest BCUT2D eigenvalue weighted by atomic mass is 32.2. The van der Waals surface area contributed by atoms with Crippen molar-refractivity contribution in [1.82, 2.24) is 14.5 Å². The smallest absolute Gasteiger partial charge is 0.244 e. The van der Waals surface area contributed by atoms with Crippen molar-refractivity contribution in [2.45, 2.75) is 31.3 Å². The van der Waals surface area contributed by atoms with E-state index in [9.17, 15) is 8.42 Å². The molecule has 7 nitrogen and oxygen atoms in total. The lowest BCUT2D eigenvalue weighted by atomic mass is 10.4. The molecule has 0 spiro atoms. The molecule has 0 unspecified atom stereocenters. The Hall–Kier alpha value is -1.64. The molecule has 20 heavy (non-hydrogen) atoms. The zero-order chi connectivity index (χ0) is 14.6. The molecule has 2 aromatic heterocycles. The van der Waals surface area contributed by atoms with E-state index in [0.717, 1.165) is 12.2 Å². The van der Waals surface area contributed by atoms with Crippen molar-refractivity contribution < 1.29 is 12.8 Å². The second-order valence-corrected chi connectivity index (χ2v) is 6.19. The molecule has 0 radical (unpaired) electrons. The van der Waals surface area contributed by atoms with Crippen LogP contribution in [0.5, 0.6) is 0 Å². The van der Waals surface area contributed by atoms with Crippen LogP contribution >= 0.6 is 0 Å². The predicted molar refractivity (Wildman–Crippen MR) is 73.4 cm³/mol. The Morgan fingerprint density at radius 2 is 2.25 bits per heavy atom. The van der Waals surface area contributed by atoms with Crippen LogP contribution < -0.4 is 10.5 Å². The molecule has 0 bridgehead atoms. The number of nitrogens with zero attached hydrogens (tertiary/aromatic N) is 2. The van der Waals surface area contributed by atoms with Gasteiger partial charge in [0, 0.05) is 12.7 Å². The van der Waals surface area contributed by atoms with Gasteiger partial charge in [0.1, 0.15) is 16.4 Å². The van der Waals surface area contributed by atoms with Crippen LogP contribution in [0.1, 0.15) is 17.9 Å². The number of hydrogen-bond acceptors (Lipinski definition) is 5. The van der Waals surface area contributed by atoms with Gasteiger partial charge in [0.2, 0.25) is 10.0 Å². The highest BCUT2D eigenvalue weighted by molar-refractivity contribution is 7.89. The molecule has 0 fully saturated rings. The van der Waals surface area contributed by atoms with Crippen LogP contribution in [-0.4, -0.2) is 24.7 Å². The number of hydrogen-bond donors (Lipinski definition) is 2. The summed E-state index contributed by atoms with van der Waals surface area (Å²) in [5.41, 5.74) is 5.40. The molecule has 2 heterocycles. The predicted octanol–water partition coefficient (Wildman–Crippen LogP) is 0.612. The number of aryl methyl sites for hydroxylation is 2. The van der Waals surface area contributed by atoms with Gasteiger partial charge in [0.05, 0.1) is 12.7 Å². The third-order valence-electron chi connectivity index (χ3n) is 2.74. The minimum atomic E-state index is -3.58. The summed E-state index contributed by atoms with van der Waals surface area (Å²) in [4.78, 5) is 0.137. The summed E-state index contributed by atoms with van der Waals surface area (Å²) in [5, 5.41) is 4.00. The van der Waals surface area contributed by atoms with E-state index in [2.05, 4.69) is 9.82 Å². The molecule has 0 aromatic carbocycles. The molecule has 0 amide bonds. The third kappa shape index (κ3) is 3.69. The van der Waals surface area contributed by atoms with E-state index in [1.54, 1.807) is 23.7 Å². The number of nitrogens with two attached hydrogens (primary N) is 1. The first kappa shape index (κ1) is 14.8. The Kier molecular flexibility index (Phi) is 4.58. The summed E-state index contributed by atoms with van der Waals surface area (Å²) >= 11 is 0. The Bertz CT molecular complexity index is 660. The van der Waals surface area contributed by atoms with E-state index >= 15 is 0 Å². The first-order chi connectivity index (χ1) is 9.51. The van der Waals surface area contributed by atoms with Crippen LogP contribution in [0.4, 0.5) is 0 Å². The fourth-order valence-corrected chi connectivity index (χ4v) is 2.63. The Morgan fingerprint density at radius 1 is 1.45 bits per heavy atom. The van der Waals surface area contributed by atoms with Gasteiger partial charge in [-0.1, -0.05) is 0 Å².